The number of hydrogen-bond donors (Lipinski definition) is 0. The summed E-state index contributed by atoms with van der Waals surface area (Å²) in [5, 5.41) is 6.96. The summed E-state index contributed by atoms with van der Waals surface area (Å²) in [6, 6.07) is 10.4. The van der Waals surface area contributed by atoms with Gasteiger partial charge in [-0.15, -0.1) is 5.10 Å². The Morgan fingerprint density at radius 2 is 1.93 bits per heavy atom. The van der Waals surface area contributed by atoms with Crippen LogP contribution in [0, 0.1) is 6.92 Å². The van der Waals surface area contributed by atoms with Crippen molar-refractivity contribution in [2.24, 2.45) is 5.10 Å². The third-order valence-electron chi connectivity index (χ3n) is 4.17. The number of hydrogen-bond acceptors (Lipinski definition) is 4. The molecule has 0 bridgehead atoms. The number of ether oxygens (including phenoxy) is 2. The van der Waals surface area contributed by atoms with Crippen LogP contribution in [0.4, 0.5) is 0 Å². The highest BCUT2D eigenvalue weighted by atomic mass is 35.5. The zero-order valence-corrected chi connectivity index (χ0v) is 17.2. The minimum atomic E-state index is -1.15. The smallest absolute Gasteiger partial charge is 0.247 e. The second kappa shape index (κ2) is 7.58. The predicted molar refractivity (Wildman–Crippen MR) is 107 cm³/mol. The first-order valence-corrected chi connectivity index (χ1v) is 9.26. The molecule has 5 nitrogen and oxygen atoms in total. The van der Waals surface area contributed by atoms with E-state index in [4.69, 9.17) is 44.3 Å². The van der Waals surface area contributed by atoms with Crippen molar-refractivity contribution in [3.63, 3.8) is 0 Å². The molecule has 0 saturated heterocycles. The molecule has 0 unspecified atom stereocenters. The zero-order valence-electron chi connectivity index (χ0n) is 14.9. The first kappa shape index (κ1) is 19.8. The van der Waals surface area contributed by atoms with Gasteiger partial charge in [0.1, 0.15) is 5.75 Å². The predicted octanol–water partition coefficient (Wildman–Crippen LogP) is 5.40. The van der Waals surface area contributed by atoms with E-state index >= 15 is 0 Å². The van der Waals surface area contributed by atoms with Gasteiger partial charge in [-0.3, -0.25) is 4.79 Å². The standard InChI is InChI=1S/C19H17Cl3N2O3/c1-11-8-14(20)5-7-17(11)26-10-18-23-24(12(2)25)19(3,27-18)13-4-6-15(21)16(22)9-13/h4-9H,10H2,1-3H3/t19-/m0/s1. The number of aryl methyl sites for hydroxylation is 1. The van der Waals surface area contributed by atoms with Gasteiger partial charge >= 0.3 is 0 Å². The Labute approximate surface area is 172 Å². The van der Waals surface area contributed by atoms with Gasteiger partial charge in [0.15, 0.2) is 6.61 Å². The lowest BCUT2D eigenvalue weighted by atomic mass is 10.0. The van der Waals surface area contributed by atoms with Crippen molar-refractivity contribution >= 4 is 46.6 Å². The normalized spacial score (nSPS) is 18.9. The minimum absolute atomic E-state index is 0.0587. The summed E-state index contributed by atoms with van der Waals surface area (Å²) >= 11 is 18.1. The van der Waals surface area contributed by atoms with E-state index in [-0.39, 0.29) is 18.4 Å². The SMILES string of the molecule is CC(=O)N1N=C(COc2ccc(Cl)cc2C)O[C@@]1(C)c1ccc(Cl)c(Cl)c1. The molecule has 0 spiro atoms. The number of halogens is 3. The molecule has 1 amide bonds. The molecule has 2 aromatic rings. The maximum atomic E-state index is 12.1. The van der Waals surface area contributed by atoms with Gasteiger partial charge in [0.2, 0.25) is 17.5 Å². The van der Waals surface area contributed by atoms with Gasteiger partial charge < -0.3 is 9.47 Å². The summed E-state index contributed by atoms with van der Waals surface area (Å²) in [6.07, 6.45) is 0. The molecule has 0 aliphatic carbocycles. The minimum Gasteiger partial charge on any atom is -0.484 e. The lowest BCUT2D eigenvalue weighted by molar-refractivity contribution is -0.146. The molecule has 1 heterocycles. The van der Waals surface area contributed by atoms with E-state index in [2.05, 4.69) is 5.10 Å². The van der Waals surface area contributed by atoms with Crippen LogP contribution < -0.4 is 4.74 Å². The molecule has 142 valence electrons. The van der Waals surface area contributed by atoms with Gasteiger partial charge in [-0.05, 0) is 42.8 Å². The van der Waals surface area contributed by atoms with Crippen molar-refractivity contribution in [3.05, 3.63) is 62.6 Å². The molecule has 8 heteroatoms. The topological polar surface area (TPSA) is 51.1 Å². The highest BCUT2D eigenvalue weighted by Gasteiger charge is 2.45. The number of benzene rings is 2. The largest absolute Gasteiger partial charge is 0.484 e. The third-order valence-corrected chi connectivity index (χ3v) is 5.15. The fraction of sp³-hybridized carbons (Fsp3) is 0.263. The number of rotatable bonds is 4. The molecule has 2 aromatic carbocycles. The highest BCUT2D eigenvalue weighted by molar-refractivity contribution is 6.42. The van der Waals surface area contributed by atoms with E-state index in [9.17, 15) is 4.79 Å². The van der Waals surface area contributed by atoms with Crippen molar-refractivity contribution in [2.75, 3.05) is 6.61 Å². The van der Waals surface area contributed by atoms with E-state index in [0.717, 1.165) is 5.56 Å². The second-order valence-electron chi connectivity index (χ2n) is 6.24. The Morgan fingerprint density at radius 3 is 2.56 bits per heavy atom. The Morgan fingerprint density at radius 1 is 1.19 bits per heavy atom. The van der Waals surface area contributed by atoms with Crippen molar-refractivity contribution < 1.29 is 14.3 Å². The lowest BCUT2D eigenvalue weighted by Gasteiger charge is -2.31. The van der Waals surface area contributed by atoms with Crippen molar-refractivity contribution in [2.45, 2.75) is 26.5 Å². The van der Waals surface area contributed by atoms with Gasteiger partial charge in [0.05, 0.1) is 10.0 Å². The summed E-state index contributed by atoms with van der Waals surface area (Å²) in [6.45, 7) is 5.09. The number of carbonyl (C=O) groups excluding carboxylic acids is 1. The van der Waals surface area contributed by atoms with E-state index < -0.39 is 5.72 Å². The Balaban J connectivity index is 1.83. The van der Waals surface area contributed by atoms with Crippen molar-refractivity contribution in [1.29, 1.82) is 0 Å². The van der Waals surface area contributed by atoms with Crippen LogP contribution in [0.15, 0.2) is 41.5 Å². The Kier molecular flexibility index (Phi) is 5.56. The van der Waals surface area contributed by atoms with Gasteiger partial charge in [-0.2, -0.15) is 5.01 Å². The van der Waals surface area contributed by atoms with Gasteiger partial charge in [-0.25, -0.2) is 0 Å². The molecule has 0 N–H and O–H groups in total. The number of carbonyl (C=O) groups is 1. The summed E-state index contributed by atoms with van der Waals surface area (Å²) in [4.78, 5) is 12.1. The fourth-order valence-corrected chi connectivity index (χ4v) is 3.33. The van der Waals surface area contributed by atoms with Crippen LogP contribution in [0.3, 0.4) is 0 Å². The molecule has 27 heavy (non-hydrogen) atoms. The third kappa shape index (κ3) is 4.00. The highest BCUT2D eigenvalue weighted by Crippen LogP contribution is 2.37. The first-order valence-electron chi connectivity index (χ1n) is 8.12. The van der Waals surface area contributed by atoms with Crippen molar-refractivity contribution in [3.8, 4) is 5.75 Å². The molecule has 0 fully saturated rings. The first-order chi connectivity index (χ1) is 12.7. The molecule has 0 aromatic heterocycles. The Bertz CT molecular complexity index is 932. The fourth-order valence-electron chi connectivity index (χ4n) is 2.81. The van der Waals surface area contributed by atoms with E-state index in [1.165, 1.54) is 11.9 Å². The van der Waals surface area contributed by atoms with E-state index in [0.29, 0.717) is 26.4 Å². The van der Waals surface area contributed by atoms with E-state index in [1.807, 2.05) is 6.92 Å². The van der Waals surface area contributed by atoms with Crippen LogP contribution in [0.5, 0.6) is 5.75 Å². The summed E-state index contributed by atoms with van der Waals surface area (Å²) in [5.74, 6) is 0.651. The van der Waals surface area contributed by atoms with Crippen molar-refractivity contribution in [1.82, 2.24) is 5.01 Å². The monoisotopic (exact) mass is 426 g/mol. The summed E-state index contributed by atoms with van der Waals surface area (Å²) < 4.78 is 11.8. The van der Waals surface area contributed by atoms with Crippen LogP contribution in [-0.2, 0) is 15.3 Å². The van der Waals surface area contributed by atoms with Gasteiger partial charge in [0, 0.05) is 24.4 Å². The molecule has 1 aliphatic rings. The van der Waals surface area contributed by atoms with Crippen LogP contribution in [-0.4, -0.2) is 23.4 Å². The molecular weight excluding hydrogens is 411 g/mol. The zero-order chi connectivity index (χ0) is 19.8. The lowest BCUT2D eigenvalue weighted by Crippen LogP contribution is -2.41. The second-order valence-corrected chi connectivity index (χ2v) is 7.49. The number of hydrazone groups is 1. The van der Waals surface area contributed by atoms with Crippen LogP contribution >= 0.6 is 34.8 Å². The average Bonchev–Trinajstić information content (AvgIpc) is 2.95. The van der Waals surface area contributed by atoms with Crippen LogP contribution in [0.2, 0.25) is 15.1 Å². The molecule has 0 radical (unpaired) electrons. The van der Waals surface area contributed by atoms with Gasteiger partial charge in [-0.1, -0.05) is 40.9 Å². The molecule has 1 aliphatic heterocycles. The number of nitrogens with zero attached hydrogens (tertiary/aromatic N) is 2. The van der Waals surface area contributed by atoms with Crippen LogP contribution in [0.1, 0.15) is 25.0 Å². The molecular formula is C19H17Cl3N2O3. The van der Waals surface area contributed by atoms with Gasteiger partial charge in [0.25, 0.3) is 0 Å². The van der Waals surface area contributed by atoms with Crippen LogP contribution in [0.25, 0.3) is 0 Å². The average molecular weight is 428 g/mol. The summed E-state index contributed by atoms with van der Waals surface area (Å²) in [7, 11) is 0. The Hall–Kier alpha value is -1.95. The number of amides is 1. The van der Waals surface area contributed by atoms with E-state index in [1.54, 1.807) is 43.3 Å². The molecule has 0 saturated carbocycles. The quantitative estimate of drug-likeness (QED) is 0.656. The molecule has 1 atom stereocenters. The maximum Gasteiger partial charge on any atom is 0.247 e. The maximum absolute atomic E-state index is 12.1. The molecule has 3 rings (SSSR count). The summed E-state index contributed by atoms with van der Waals surface area (Å²) in [5.41, 5.74) is 0.388.